The van der Waals surface area contributed by atoms with E-state index in [0.29, 0.717) is 17.9 Å². The van der Waals surface area contributed by atoms with E-state index in [9.17, 15) is 24.3 Å². The molecule has 0 aliphatic rings. The summed E-state index contributed by atoms with van der Waals surface area (Å²) in [5.74, 6) is -2.67. The van der Waals surface area contributed by atoms with Gasteiger partial charge in [-0.05, 0) is 43.4 Å². The lowest BCUT2D eigenvalue weighted by atomic mass is 10.0. The first-order valence-electron chi connectivity index (χ1n) is 12.0. The molecule has 0 spiro atoms. The molecule has 0 aliphatic heterocycles. The number of aliphatic carboxylic acids is 1. The van der Waals surface area contributed by atoms with Gasteiger partial charge in [-0.2, -0.15) is 0 Å². The van der Waals surface area contributed by atoms with E-state index < -0.39 is 36.0 Å². The van der Waals surface area contributed by atoms with Crippen molar-refractivity contribution in [2.24, 2.45) is 17.8 Å². The minimum absolute atomic E-state index is 0.0480. The summed E-state index contributed by atoms with van der Waals surface area (Å²) in [6.07, 6.45) is 0.601. The lowest BCUT2D eigenvalue weighted by molar-refractivity contribution is -0.148. The van der Waals surface area contributed by atoms with Crippen LogP contribution in [0.1, 0.15) is 66.9 Å². The highest BCUT2D eigenvalue weighted by Crippen LogP contribution is 2.30. The predicted octanol–water partition coefficient (Wildman–Crippen LogP) is 3.76. The van der Waals surface area contributed by atoms with Crippen LogP contribution in [0.4, 0.5) is 0 Å². The second kappa shape index (κ2) is 14.5. The van der Waals surface area contributed by atoms with Gasteiger partial charge in [0.25, 0.3) is 0 Å². The molecule has 2 N–H and O–H groups in total. The van der Waals surface area contributed by atoms with Crippen LogP contribution in [0.5, 0.6) is 11.5 Å². The molecule has 1 rings (SSSR count). The quantitative estimate of drug-likeness (QED) is 0.294. The molecule has 0 saturated heterocycles. The van der Waals surface area contributed by atoms with Gasteiger partial charge in [-0.3, -0.25) is 19.2 Å². The number of rotatable bonds is 14. The van der Waals surface area contributed by atoms with Crippen molar-refractivity contribution in [3.63, 3.8) is 0 Å². The van der Waals surface area contributed by atoms with E-state index in [-0.39, 0.29) is 36.4 Å². The first-order valence-corrected chi connectivity index (χ1v) is 12.0. The number of ether oxygens (including phenoxy) is 3. The second-order valence-electron chi connectivity index (χ2n) is 9.67. The number of benzene rings is 1. The molecule has 196 valence electrons. The molecule has 0 amide bonds. The number of esters is 3. The lowest BCUT2D eigenvalue weighted by Gasteiger charge is -2.20. The van der Waals surface area contributed by atoms with Crippen LogP contribution in [-0.4, -0.2) is 47.7 Å². The van der Waals surface area contributed by atoms with Crippen LogP contribution in [0, 0.1) is 17.8 Å². The number of carboxylic acid groups (broad SMARTS) is 1. The molecule has 0 radical (unpaired) electrons. The summed E-state index contributed by atoms with van der Waals surface area (Å²) in [6, 6.07) is 3.61. The molecule has 0 fully saturated rings. The van der Waals surface area contributed by atoms with Crippen LogP contribution in [0.2, 0.25) is 0 Å². The summed E-state index contributed by atoms with van der Waals surface area (Å²) >= 11 is 0. The molecule has 35 heavy (non-hydrogen) atoms. The lowest BCUT2D eigenvalue weighted by Crippen LogP contribution is -2.42. The first kappa shape index (κ1) is 30.1. The largest absolute Gasteiger partial charge is 0.480 e. The molecular weight excluding hydrogens is 454 g/mol. The van der Waals surface area contributed by atoms with Gasteiger partial charge in [0.1, 0.15) is 12.1 Å². The Hall–Kier alpha value is -2.94. The fraction of sp³-hybridized carbons (Fsp3) is 0.615. The third-order valence-electron chi connectivity index (χ3n) is 5.02. The third kappa shape index (κ3) is 11.4. The topological polar surface area (TPSA) is 128 Å². The van der Waals surface area contributed by atoms with Gasteiger partial charge in [-0.1, -0.05) is 47.6 Å². The van der Waals surface area contributed by atoms with E-state index in [2.05, 4.69) is 5.32 Å². The molecule has 1 aromatic rings. The smallest absolute Gasteiger partial charge is 0.321 e. The molecule has 9 nitrogen and oxygen atoms in total. The van der Waals surface area contributed by atoms with Crippen molar-refractivity contribution in [2.45, 2.75) is 79.9 Å². The first-order chi connectivity index (χ1) is 16.3. The molecule has 1 unspecified atom stereocenters. The van der Waals surface area contributed by atoms with Gasteiger partial charge in [0.05, 0.1) is 11.8 Å². The van der Waals surface area contributed by atoms with E-state index in [4.69, 9.17) is 14.2 Å². The van der Waals surface area contributed by atoms with Gasteiger partial charge in [0, 0.05) is 13.0 Å². The number of hydrogen-bond acceptors (Lipinski definition) is 8. The van der Waals surface area contributed by atoms with Gasteiger partial charge in [-0.25, -0.2) is 0 Å². The van der Waals surface area contributed by atoms with Gasteiger partial charge >= 0.3 is 23.9 Å². The van der Waals surface area contributed by atoms with Crippen LogP contribution in [0.3, 0.4) is 0 Å². The summed E-state index contributed by atoms with van der Waals surface area (Å²) < 4.78 is 16.1. The summed E-state index contributed by atoms with van der Waals surface area (Å²) in [5.41, 5.74) is 0.558. The SMILES string of the molecule is CC(C)CCC(=O)OC(C)CN[C@@H](Cc1ccc(OC(=O)C(C)C)c(OC(=O)C(C)C)c1)C(=O)O. The van der Waals surface area contributed by atoms with Crippen LogP contribution >= 0.6 is 0 Å². The highest BCUT2D eigenvalue weighted by atomic mass is 16.6. The van der Waals surface area contributed by atoms with Crippen molar-refractivity contribution in [2.75, 3.05) is 6.54 Å². The van der Waals surface area contributed by atoms with Gasteiger partial charge < -0.3 is 24.6 Å². The molecule has 0 aromatic heterocycles. The van der Waals surface area contributed by atoms with E-state index in [1.807, 2.05) is 13.8 Å². The van der Waals surface area contributed by atoms with Crippen molar-refractivity contribution in [1.29, 1.82) is 0 Å². The number of carboxylic acids is 1. The van der Waals surface area contributed by atoms with E-state index in [1.165, 1.54) is 12.1 Å². The molecule has 1 aromatic carbocycles. The summed E-state index contributed by atoms with van der Waals surface area (Å²) in [5, 5.41) is 12.6. The van der Waals surface area contributed by atoms with Crippen LogP contribution in [0.15, 0.2) is 18.2 Å². The van der Waals surface area contributed by atoms with Crippen molar-refractivity contribution < 1.29 is 38.5 Å². The van der Waals surface area contributed by atoms with E-state index in [1.54, 1.807) is 40.7 Å². The van der Waals surface area contributed by atoms with Crippen molar-refractivity contribution >= 4 is 23.9 Å². The Balaban J connectivity index is 2.92. The molecule has 0 saturated carbocycles. The summed E-state index contributed by atoms with van der Waals surface area (Å²) in [4.78, 5) is 48.0. The average molecular weight is 494 g/mol. The highest BCUT2D eigenvalue weighted by molar-refractivity contribution is 5.78. The standard InChI is InChI=1S/C26H39NO8/c1-15(2)8-11-23(28)33-18(7)14-27-20(24(29)30)12-19-9-10-21(34-25(31)16(3)4)22(13-19)35-26(32)17(5)6/h9-10,13,15-18,20,27H,8,11-12,14H2,1-7H3,(H,29,30)/t18?,20-/m0/s1. The monoisotopic (exact) mass is 493 g/mol. The average Bonchev–Trinajstić information content (AvgIpc) is 2.76. The Morgan fingerprint density at radius 1 is 0.886 bits per heavy atom. The van der Waals surface area contributed by atoms with Crippen molar-refractivity contribution in [3.05, 3.63) is 23.8 Å². The van der Waals surface area contributed by atoms with Gasteiger partial charge in [0.2, 0.25) is 0 Å². The fourth-order valence-electron chi connectivity index (χ4n) is 2.82. The number of carbonyl (C=O) groups excluding carboxylic acids is 3. The molecule has 0 bridgehead atoms. The van der Waals surface area contributed by atoms with Crippen molar-refractivity contribution in [1.82, 2.24) is 5.32 Å². The Bertz CT molecular complexity index is 878. The Labute approximate surface area is 207 Å². The zero-order valence-electron chi connectivity index (χ0n) is 21.8. The number of hydrogen-bond donors (Lipinski definition) is 2. The van der Waals surface area contributed by atoms with Gasteiger partial charge in [0.15, 0.2) is 11.5 Å². The molecule has 9 heteroatoms. The minimum Gasteiger partial charge on any atom is -0.480 e. The maximum absolute atomic E-state index is 12.2. The maximum atomic E-state index is 12.2. The maximum Gasteiger partial charge on any atom is 0.321 e. The Kier molecular flexibility index (Phi) is 12.4. The van der Waals surface area contributed by atoms with Crippen molar-refractivity contribution in [3.8, 4) is 11.5 Å². The molecule has 0 aliphatic carbocycles. The summed E-state index contributed by atoms with van der Waals surface area (Å²) in [6.45, 7) is 12.6. The van der Waals surface area contributed by atoms with Crippen LogP contribution < -0.4 is 14.8 Å². The number of nitrogens with one attached hydrogen (secondary N) is 1. The van der Waals surface area contributed by atoms with Crippen LogP contribution in [0.25, 0.3) is 0 Å². The third-order valence-corrected chi connectivity index (χ3v) is 5.02. The Morgan fingerprint density at radius 2 is 1.46 bits per heavy atom. The minimum atomic E-state index is -1.08. The zero-order chi connectivity index (χ0) is 26.7. The second-order valence-corrected chi connectivity index (χ2v) is 9.67. The summed E-state index contributed by atoms with van der Waals surface area (Å²) in [7, 11) is 0. The van der Waals surface area contributed by atoms with Crippen LogP contribution in [-0.2, 0) is 30.3 Å². The zero-order valence-corrected chi connectivity index (χ0v) is 21.8. The van der Waals surface area contributed by atoms with E-state index >= 15 is 0 Å². The van der Waals surface area contributed by atoms with E-state index in [0.717, 1.165) is 6.42 Å². The number of carbonyl (C=O) groups is 4. The fourth-order valence-corrected chi connectivity index (χ4v) is 2.82. The normalized spacial score (nSPS) is 13.0. The molecule has 0 heterocycles. The predicted molar refractivity (Wildman–Crippen MR) is 130 cm³/mol. The molecule has 2 atom stereocenters. The van der Waals surface area contributed by atoms with Gasteiger partial charge in [-0.15, -0.1) is 0 Å². The molecular formula is C26H39NO8. The highest BCUT2D eigenvalue weighted by Gasteiger charge is 2.22. The Morgan fingerprint density at radius 3 is 1.97 bits per heavy atom.